The zero-order valence-corrected chi connectivity index (χ0v) is 7.45. The molecule has 0 spiro atoms. The molecule has 2 nitrogen and oxygen atoms in total. The van der Waals surface area contributed by atoms with E-state index in [0.29, 0.717) is 0 Å². The van der Waals surface area contributed by atoms with Gasteiger partial charge in [-0.3, -0.25) is 0 Å². The number of hydrogen-bond acceptors (Lipinski definition) is 2. The predicted octanol–water partition coefficient (Wildman–Crippen LogP) is 1.41. The van der Waals surface area contributed by atoms with Crippen LogP contribution in [0.25, 0.3) is 0 Å². The number of alkyl halides is 3. The first kappa shape index (κ1) is 11.7. The van der Waals surface area contributed by atoms with Crippen molar-refractivity contribution in [3.05, 3.63) is 0 Å². The van der Waals surface area contributed by atoms with Gasteiger partial charge in [0.15, 0.2) is 6.17 Å². The van der Waals surface area contributed by atoms with E-state index in [0.717, 1.165) is 0 Å². The van der Waals surface area contributed by atoms with E-state index in [1.165, 1.54) is 6.92 Å². The van der Waals surface area contributed by atoms with Gasteiger partial charge in [-0.2, -0.15) is 0 Å². The van der Waals surface area contributed by atoms with Crippen LogP contribution in [0, 0.1) is 0 Å². The van der Waals surface area contributed by atoms with E-state index < -0.39 is 34.6 Å². The van der Waals surface area contributed by atoms with Crippen LogP contribution in [0.4, 0.5) is 13.2 Å². The van der Waals surface area contributed by atoms with Crippen molar-refractivity contribution in [1.29, 1.82) is 0 Å². The Morgan fingerprint density at radius 2 is 1.75 bits per heavy atom. The Kier molecular flexibility index (Phi) is 4.59. The predicted molar refractivity (Wildman–Crippen MR) is 39.8 cm³/mol. The SMILES string of the molecule is CCS(=O)(=O)CCC(F)C(F)F. The lowest BCUT2D eigenvalue weighted by Gasteiger charge is -2.05. The summed E-state index contributed by atoms with van der Waals surface area (Å²) in [6, 6.07) is 0. The Bertz CT molecular complexity index is 213. The minimum absolute atomic E-state index is 0.136. The van der Waals surface area contributed by atoms with Gasteiger partial charge >= 0.3 is 0 Å². The van der Waals surface area contributed by atoms with E-state index in [1.54, 1.807) is 0 Å². The van der Waals surface area contributed by atoms with Gasteiger partial charge in [-0.15, -0.1) is 0 Å². The molecule has 0 radical (unpaired) electrons. The zero-order chi connectivity index (χ0) is 9.78. The van der Waals surface area contributed by atoms with E-state index in [1.807, 2.05) is 0 Å². The maximum absolute atomic E-state index is 12.2. The molecule has 1 unspecified atom stereocenters. The summed E-state index contributed by atoms with van der Waals surface area (Å²) in [6.45, 7) is 1.39. The van der Waals surface area contributed by atoms with Crippen molar-refractivity contribution in [2.75, 3.05) is 11.5 Å². The first-order chi connectivity index (χ1) is 5.39. The molecule has 12 heavy (non-hydrogen) atoms. The Hall–Kier alpha value is -0.260. The van der Waals surface area contributed by atoms with Crippen LogP contribution >= 0.6 is 0 Å². The highest BCUT2D eigenvalue weighted by Gasteiger charge is 2.21. The second-order valence-electron chi connectivity index (χ2n) is 2.38. The van der Waals surface area contributed by atoms with Gasteiger partial charge in [0.25, 0.3) is 6.43 Å². The quantitative estimate of drug-likeness (QED) is 0.678. The number of sulfone groups is 1. The molecule has 0 fully saturated rings. The molecule has 74 valence electrons. The monoisotopic (exact) mass is 204 g/mol. The van der Waals surface area contributed by atoms with Gasteiger partial charge in [0.2, 0.25) is 0 Å². The lowest BCUT2D eigenvalue weighted by atomic mass is 10.3. The van der Waals surface area contributed by atoms with E-state index in [2.05, 4.69) is 0 Å². The fourth-order valence-corrected chi connectivity index (χ4v) is 1.44. The molecule has 0 aromatic rings. The molecule has 0 amide bonds. The minimum Gasteiger partial charge on any atom is -0.241 e. The number of rotatable bonds is 5. The molecule has 0 bridgehead atoms. The summed E-state index contributed by atoms with van der Waals surface area (Å²) in [5.41, 5.74) is 0. The molecule has 1 atom stereocenters. The lowest BCUT2D eigenvalue weighted by Crippen LogP contribution is -2.18. The fraction of sp³-hybridized carbons (Fsp3) is 1.00. The third-order valence-corrected chi connectivity index (χ3v) is 3.16. The molecular formula is C6H11F3O2S. The first-order valence-electron chi connectivity index (χ1n) is 3.51. The van der Waals surface area contributed by atoms with E-state index in [9.17, 15) is 21.6 Å². The Balaban J connectivity index is 3.84. The second kappa shape index (κ2) is 4.69. The molecule has 6 heteroatoms. The van der Waals surface area contributed by atoms with Crippen molar-refractivity contribution in [3.63, 3.8) is 0 Å². The highest BCUT2D eigenvalue weighted by molar-refractivity contribution is 7.91. The van der Waals surface area contributed by atoms with Crippen LogP contribution in [0.1, 0.15) is 13.3 Å². The van der Waals surface area contributed by atoms with Gasteiger partial charge in [-0.05, 0) is 6.42 Å². The highest BCUT2D eigenvalue weighted by atomic mass is 32.2. The summed E-state index contributed by atoms with van der Waals surface area (Å²) >= 11 is 0. The summed E-state index contributed by atoms with van der Waals surface area (Å²) < 4.78 is 56.7. The molecule has 0 aliphatic rings. The first-order valence-corrected chi connectivity index (χ1v) is 5.34. The molecule has 0 aliphatic heterocycles. The summed E-state index contributed by atoms with van der Waals surface area (Å²) in [4.78, 5) is 0. The van der Waals surface area contributed by atoms with Crippen LogP contribution < -0.4 is 0 Å². The standard InChI is InChI=1S/C6H11F3O2S/c1-2-12(10,11)4-3-5(7)6(8)9/h5-6H,2-4H2,1H3. The van der Waals surface area contributed by atoms with Crippen LogP contribution in [0.3, 0.4) is 0 Å². The summed E-state index contributed by atoms with van der Waals surface area (Å²) in [6.07, 6.45) is -6.03. The Morgan fingerprint density at radius 1 is 1.25 bits per heavy atom. The molecule has 0 heterocycles. The fourth-order valence-electron chi connectivity index (χ4n) is 0.562. The Labute approximate surface area is 69.7 Å². The lowest BCUT2D eigenvalue weighted by molar-refractivity contribution is 0.0486. The summed E-state index contributed by atoms with van der Waals surface area (Å²) in [7, 11) is -3.32. The van der Waals surface area contributed by atoms with Gasteiger partial charge in [0, 0.05) is 5.75 Å². The highest BCUT2D eigenvalue weighted by Crippen LogP contribution is 2.10. The molecule has 0 saturated heterocycles. The van der Waals surface area contributed by atoms with Gasteiger partial charge in [0.05, 0.1) is 5.75 Å². The number of halogens is 3. The third-order valence-electron chi connectivity index (χ3n) is 1.42. The van der Waals surface area contributed by atoms with E-state index in [4.69, 9.17) is 0 Å². The third kappa shape index (κ3) is 4.58. The van der Waals surface area contributed by atoms with Gasteiger partial charge < -0.3 is 0 Å². The molecule has 0 rings (SSSR count). The summed E-state index contributed by atoms with van der Waals surface area (Å²) in [5.74, 6) is -0.641. The number of hydrogen-bond donors (Lipinski definition) is 0. The molecule has 0 saturated carbocycles. The molecule has 0 N–H and O–H groups in total. The molecule has 0 aromatic carbocycles. The van der Waals surface area contributed by atoms with Crippen molar-refractivity contribution >= 4 is 9.84 Å². The maximum Gasteiger partial charge on any atom is 0.269 e. The van der Waals surface area contributed by atoms with Gasteiger partial charge in [-0.25, -0.2) is 21.6 Å². The van der Waals surface area contributed by atoms with Crippen LogP contribution in [-0.2, 0) is 9.84 Å². The zero-order valence-electron chi connectivity index (χ0n) is 6.63. The van der Waals surface area contributed by atoms with Crippen LogP contribution in [-0.4, -0.2) is 32.5 Å². The van der Waals surface area contributed by atoms with Crippen molar-refractivity contribution in [2.24, 2.45) is 0 Å². The molecule has 0 aromatic heterocycles. The second-order valence-corrected chi connectivity index (χ2v) is 4.85. The molecule has 0 aliphatic carbocycles. The normalized spacial score (nSPS) is 15.1. The van der Waals surface area contributed by atoms with Crippen molar-refractivity contribution < 1.29 is 21.6 Å². The van der Waals surface area contributed by atoms with Crippen LogP contribution in [0.5, 0.6) is 0 Å². The van der Waals surface area contributed by atoms with Crippen molar-refractivity contribution in [3.8, 4) is 0 Å². The largest absolute Gasteiger partial charge is 0.269 e. The average Bonchev–Trinajstić information content (AvgIpc) is 2.00. The van der Waals surface area contributed by atoms with Crippen LogP contribution in [0.15, 0.2) is 0 Å². The summed E-state index contributed by atoms with van der Waals surface area (Å²) in [5, 5.41) is 0. The van der Waals surface area contributed by atoms with Gasteiger partial charge in [0.1, 0.15) is 9.84 Å². The van der Waals surface area contributed by atoms with E-state index >= 15 is 0 Å². The van der Waals surface area contributed by atoms with E-state index in [-0.39, 0.29) is 5.75 Å². The smallest absolute Gasteiger partial charge is 0.241 e. The van der Waals surface area contributed by atoms with Crippen LogP contribution in [0.2, 0.25) is 0 Å². The van der Waals surface area contributed by atoms with Crippen molar-refractivity contribution in [2.45, 2.75) is 25.9 Å². The van der Waals surface area contributed by atoms with Gasteiger partial charge in [-0.1, -0.05) is 6.92 Å². The minimum atomic E-state index is -3.32. The topological polar surface area (TPSA) is 34.1 Å². The van der Waals surface area contributed by atoms with Crippen molar-refractivity contribution in [1.82, 2.24) is 0 Å². The maximum atomic E-state index is 12.2. The Morgan fingerprint density at radius 3 is 2.08 bits per heavy atom. The molecular weight excluding hydrogens is 193 g/mol. The average molecular weight is 204 g/mol.